The molecule has 0 bridgehead atoms. The van der Waals surface area contributed by atoms with E-state index in [1.54, 1.807) is 19.5 Å². The van der Waals surface area contributed by atoms with Gasteiger partial charge in [0.1, 0.15) is 11.5 Å². The third-order valence-corrected chi connectivity index (χ3v) is 2.98. The number of nitrogens with two attached hydrogens (primary N) is 1. The monoisotopic (exact) mass is 287 g/mol. The highest BCUT2D eigenvalue weighted by atomic mass is 16.5. The van der Waals surface area contributed by atoms with Gasteiger partial charge in [-0.3, -0.25) is 4.98 Å². The second-order valence-electron chi connectivity index (χ2n) is 5.78. The van der Waals surface area contributed by atoms with Crippen molar-refractivity contribution in [3.8, 4) is 5.88 Å². The first kappa shape index (κ1) is 15.0. The Labute approximate surface area is 124 Å². The van der Waals surface area contributed by atoms with Crippen LogP contribution in [0.3, 0.4) is 0 Å². The van der Waals surface area contributed by atoms with Crippen LogP contribution in [0, 0.1) is 0 Å². The summed E-state index contributed by atoms with van der Waals surface area (Å²) in [5.74, 6) is 1.67. The van der Waals surface area contributed by atoms with E-state index in [0.717, 1.165) is 5.56 Å². The van der Waals surface area contributed by atoms with Gasteiger partial charge in [0.25, 0.3) is 0 Å². The summed E-state index contributed by atoms with van der Waals surface area (Å²) < 4.78 is 5.25. The minimum atomic E-state index is -0.186. The maximum Gasteiger partial charge on any atom is 0.242 e. The molecule has 6 heteroatoms. The first-order valence-corrected chi connectivity index (χ1v) is 6.76. The van der Waals surface area contributed by atoms with Gasteiger partial charge in [-0.2, -0.15) is 4.98 Å². The van der Waals surface area contributed by atoms with E-state index >= 15 is 0 Å². The summed E-state index contributed by atoms with van der Waals surface area (Å²) in [5, 5.41) is 3.23. The molecule has 0 aliphatic rings. The van der Waals surface area contributed by atoms with E-state index in [1.807, 2.05) is 32.9 Å². The average Bonchev–Trinajstić information content (AvgIpc) is 2.46. The van der Waals surface area contributed by atoms with Crippen LogP contribution in [-0.2, 0) is 12.0 Å². The van der Waals surface area contributed by atoms with Crippen LogP contribution < -0.4 is 15.8 Å². The Hall–Kier alpha value is -2.37. The summed E-state index contributed by atoms with van der Waals surface area (Å²) in [6, 6.07) is 3.87. The standard InChI is InChI=1S/C15H21N5O/c1-15(2,3)14-19-12(11(16)13(20-14)21-4)18-9-10-5-7-17-8-6-10/h5-8H,9,16H2,1-4H3,(H,18,19,20). The van der Waals surface area contributed by atoms with Crippen LogP contribution in [0.15, 0.2) is 24.5 Å². The molecule has 0 saturated carbocycles. The van der Waals surface area contributed by atoms with Gasteiger partial charge in [-0.25, -0.2) is 4.98 Å². The van der Waals surface area contributed by atoms with Gasteiger partial charge in [-0.1, -0.05) is 20.8 Å². The summed E-state index contributed by atoms with van der Waals surface area (Å²) >= 11 is 0. The Morgan fingerprint density at radius 3 is 2.43 bits per heavy atom. The number of anilines is 2. The first-order chi connectivity index (χ1) is 9.91. The molecule has 0 fully saturated rings. The minimum absolute atomic E-state index is 0.186. The fraction of sp³-hybridized carbons (Fsp3) is 0.400. The maximum absolute atomic E-state index is 6.05. The third kappa shape index (κ3) is 3.59. The smallest absolute Gasteiger partial charge is 0.242 e. The van der Waals surface area contributed by atoms with Crippen LogP contribution in [0.5, 0.6) is 5.88 Å². The molecule has 2 heterocycles. The highest BCUT2D eigenvalue weighted by molar-refractivity contribution is 5.67. The number of hydrogen-bond acceptors (Lipinski definition) is 6. The Kier molecular flexibility index (Phi) is 4.26. The van der Waals surface area contributed by atoms with Crippen LogP contribution >= 0.6 is 0 Å². The van der Waals surface area contributed by atoms with Gasteiger partial charge < -0.3 is 15.8 Å². The molecule has 0 saturated heterocycles. The summed E-state index contributed by atoms with van der Waals surface area (Å²) in [4.78, 5) is 12.9. The fourth-order valence-corrected chi connectivity index (χ4v) is 1.76. The van der Waals surface area contributed by atoms with E-state index in [0.29, 0.717) is 29.8 Å². The number of rotatable bonds is 4. The molecule has 0 aliphatic heterocycles. The molecule has 0 radical (unpaired) electrons. The van der Waals surface area contributed by atoms with Crippen LogP contribution in [0.1, 0.15) is 32.2 Å². The molecule has 21 heavy (non-hydrogen) atoms. The van der Waals surface area contributed by atoms with Crippen molar-refractivity contribution in [3.63, 3.8) is 0 Å². The highest BCUT2D eigenvalue weighted by Crippen LogP contribution is 2.30. The highest BCUT2D eigenvalue weighted by Gasteiger charge is 2.21. The molecule has 2 rings (SSSR count). The maximum atomic E-state index is 6.05. The van der Waals surface area contributed by atoms with Gasteiger partial charge in [0.2, 0.25) is 5.88 Å². The Bertz CT molecular complexity index is 607. The predicted molar refractivity (Wildman–Crippen MR) is 83.3 cm³/mol. The van der Waals surface area contributed by atoms with E-state index in [-0.39, 0.29) is 5.41 Å². The number of ether oxygens (including phenoxy) is 1. The van der Waals surface area contributed by atoms with Gasteiger partial charge >= 0.3 is 0 Å². The topological polar surface area (TPSA) is 86.0 Å². The first-order valence-electron chi connectivity index (χ1n) is 6.76. The van der Waals surface area contributed by atoms with Gasteiger partial charge in [0.15, 0.2) is 5.82 Å². The quantitative estimate of drug-likeness (QED) is 0.898. The van der Waals surface area contributed by atoms with Crippen molar-refractivity contribution in [3.05, 3.63) is 35.9 Å². The number of methoxy groups -OCH3 is 1. The van der Waals surface area contributed by atoms with Gasteiger partial charge in [-0.15, -0.1) is 0 Å². The zero-order valence-electron chi connectivity index (χ0n) is 12.8. The molecule has 0 aliphatic carbocycles. The summed E-state index contributed by atoms with van der Waals surface area (Å²) in [6.07, 6.45) is 3.50. The number of pyridine rings is 1. The Morgan fingerprint density at radius 2 is 1.86 bits per heavy atom. The lowest BCUT2D eigenvalue weighted by atomic mass is 9.96. The lowest BCUT2D eigenvalue weighted by Crippen LogP contribution is -2.19. The van der Waals surface area contributed by atoms with Crippen molar-refractivity contribution < 1.29 is 4.74 Å². The summed E-state index contributed by atoms with van der Waals surface area (Å²) in [6.45, 7) is 6.75. The van der Waals surface area contributed by atoms with Crippen LogP contribution in [0.4, 0.5) is 11.5 Å². The number of aromatic nitrogens is 3. The largest absolute Gasteiger partial charge is 0.479 e. The molecule has 6 nitrogen and oxygen atoms in total. The predicted octanol–water partition coefficient (Wildman–Crippen LogP) is 2.37. The Morgan fingerprint density at radius 1 is 1.19 bits per heavy atom. The molecule has 0 spiro atoms. The third-order valence-electron chi connectivity index (χ3n) is 2.98. The minimum Gasteiger partial charge on any atom is -0.479 e. The van der Waals surface area contributed by atoms with Crippen molar-refractivity contribution >= 4 is 11.5 Å². The van der Waals surface area contributed by atoms with Crippen LogP contribution in [-0.4, -0.2) is 22.1 Å². The van der Waals surface area contributed by atoms with Crippen molar-refractivity contribution in [2.75, 3.05) is 18.2 Å². The second-order valence-corrected chi connectivity index (χ2v) is 5.78. The van der Waals surface area contributed by atoms with Gasteiger partial charge in [0.05, 0.1) is 7.11 Å². The van der Waals surface area contributed by atoms with E-state index in [1.165, 1.54) is 0 Å². The number of nitrogen functional groups attached to an aromatic ring is 1. The van der Waals surface area contributed by atoms with E-state index in [2.05, 4.69) is 20.3 Å². The molecule has 0 aromatic carbocycles. The zero-order chi connectivity index (χ0) is 15.5. The molecule has 3 N–H and O–H groups in total. The molecular weight excluding hydrogens is 266 g/mol. The van der Waals surface area contributed by atoms with Crippen molar-refractivity contribution in [2.24, 2.45) is 0 Å². The number of hydrogen-bond donors (Lipinski definition) is 2. The van der Waals surface area contributed by atoms with Crippen LogP contribution in [0.25, 0.3) is 0 Å². The average molecular weight is 287 g/mol. The molecule has 0 atom stereocenters. The molecule has 0 unspecified atom stereocenters. The van der Waals surface area contributed by atoms with Gasteiger partial charge in [0, 0.05) is 24.4 Å². The number of nitrogens with one attached hydrogen (secondary N) is 1. The van der Waals surface area contributed by atoms with Crippen molar-refractivity contribution in [2.45, 2.75) is 32.7 Å². The molecule has 2 aromatic heterocycles. The summed E-state index contributed by atoms with van der Waals surface area (Å²) in [5.41, 5.74) is 7.37. The molecule has 2 aromatic rings. The molecule has 112 valence electrons. The van der Waals surface area contributed by atoms with Gasteiger partial charge in [-0.05, 0) is 17.7 Å². The lowest BCUT2D eigenvalue weighted by Gasteiger charge is -2.20. The van der Waals surface area contributed by atoms with Crippen LogP contribution in [0.2, 0.25) is 0 Å². The van der Waals surface area contributed by atoms with E-state index in [9.17, 15) is 0 Å². The SMILES string of the molecule is COc1nc(C(C)(C)C)nc(NCc2ccncc2)c1N. The zero-order valence-corrected chi connectivity index (χ0v) is 12.8. The lowest BCUT2D eigenvalue weighted by molar-refractivity contribution is 0.391. The summed E-state index contributed by atoms with van der Waals surface area (Å²) in [7, 11) is 1.55. The molecule has 0 amide bonds. The van der Waals surface area contributed by atoms with Crippen molar-refractivity contribution in [1.82, 2.24) is 15.0 Å². The van der Waals surface area contributed by atoms with E-state index < -0.39 is 0 Å². The Balaban J connectivity index is 2.29. The fourth-order valence-electron chi connectivity index (χ4n) is 1.76. The normalized spacial score (nSPS) is 11.2. The second kappa shape index (κ2) is 5.95. The van der Waals surface area contributed by atoms with Crippen molar-refractivity contribution in [1.29, 1.82) is 0 Å². The van der Waals surface area contributed by atoms with E-state index in [4.69, 9.17) is 10.5 Å². The molecular formula is C15H21N5O. The number of nitrogens with zero attached hydrogens (tertiary/aromatic N) is 3.